The Morgan fingerprint density at radius 3 is 2.81 bits per heavy atom. The summed E-state index contributed by atoms with van der Waals surface area (Å²) >= 11 is 1.40. The number of amides is 1. The average Bonchev–Trinajstić information content (AvgIpc) is 3.55. The van der Waals surface area contributed by atoms with Crippen LogP contribution in [0.1, 0.15) is 17.0 Å². The van der Waals surface area contributed by atoms with Crippen molar-refractivity contribution in [3.63, 3.8) is 0 Å². The number of cyclic esters (lactones) is 1. The molecule has 1 amide bonds. The number of carbonyl (C=O) groups excluding carboxylic acids is 1. The summed E-state index contributed by atoms with van der Waals surface area (Å²) in [7, 11) is 0. The Bertz CT molecular complexity index is 1190. The highest BCUT2D eigenvalue weighted by Crippen LogP contribution is 2.34. The Balaban J connectivity index is 1.30. The Labute approximate surface area is 186 Å². The summed E-state index contributed by atoms with van der Waals surface area (Å²) < 4.78 is 22.0. The summed E-state index contributed by atoms with van der Waals surface area (Å²) in [5.74, 6) is -0.433. The van der Waals surface area contributed by atoms with Crippen molar-refractivity contribution >= 4 is 28.8 Å². The van der Waals surface area contributed by atoms with Crippen molar-refractivity contribution in [3.8, 4) is 10.4 Å². The molecule has 2 aliphatic rings. The fourth-order valence-electron chi connectivity index (χ4n) is 3.70. The fraction of sp³-hybridized carbons (Fsp3) is 0.333. The van der Waals surface area contributed by atoms with Gasteiger partial charge in [0, 0.05) is 23.1 Å². The van der Waals surface area contributed by atoms with E-state index in [2.05, 4.69) is 15.5 Å². The number of aromatic nitrogens is 3. The van der Waals surface area contributed by atoms with Gasteiger partial charge < -0.3 is 14.7 Å². The number of hydrogen-bond acceptors (Lipinski definition) is 8. The third kappa shape index (κ3) is 3.96. The van der Waals surface area contributed by atoms with E-state index in [-0.39, 0.29) is 12.7 Å². The molecule has 1 aromatic carbocycles. The number of carbonyl (C=O) groups is 1. The number of nitrogens with zero attached hydrogens (tertiary/aromatic N) is 5. The molecule has 2 aromatic heterocycles. The van der Waals surface area contributed by atoms with Gasteiger partial charge in [-0.2, -0.15) is 0 Å². The second-order valence-electron chi connectivity index (χ2n) is 7.68. The first-order chi connectivity index (χ1) is 15.5. The molecule has 32 heavy (non-hydrogen) atoms. The molecule has 166 valence electrons. The van der Waals surface area contributed by atoms with E-state index in [0.29, 0.717) is 30.8 Å². The zero-order valence-corrected chi connectivity index (χ0v) is 18.0. The van der Waals surface area contributed by atoms with Gasteiger partial charge in [-0.1, -0.05) is 10.4 Å². The third-order valence-electron chi connectivity index (χ3n) is 5.27. The van der Waals surface area contributed by atoms with Crippen LogP contribution in [-0.4, -0.2) is 57.3 Å². The maximum absolute atomic E-state index is 15.0. The van der Waals surface area contributed by atoms with E-state index in [1.54, 1.807) is 23.0 Å². The minimum atomic E-state index is -0.518. The van der Waals surface area contributed by atoms with Gasteiger partial charge >= 0.3 is 6.09 Å². The van der Waals surface area contributed by atoms with E-state index in [0.717, 1.165) is 21.2 Å². The average molecular weight is 457 g/mol. The molecular formula is C21H20FN5O4S. The van der Waals surface area contributed by atoms with Crippen molar-refractivity contribution in [1.82, 2.24) is 15.0 Å². The number of aliphatic hydroxyl groups is 1. The summed E-state index contributed by atoms with van der Waals surface area (Å²) in [4.78, 5) is 20.5. The predicted molar refractivity (Wildman–Crippen MR) is 115 cm³/mol. The van der Waals surface area contributed by atoms with Crippen LogP contribution in [0.4, 0.5) is 14.9 Å². The van der Waals surface area contributed by atoms with E-state index in [1.807, 2.05) is 19.1 Å². The van der Waals surface area contributed by atoms with Gasteiger partial charge in [-0.05, 0) is 37.3 Å². The van der Waals surface area contributed by atoms with Crippen LogP contribution in [-0.2, 0) is 16.1 Å². The van der Waals surface area contributed by atoms with Gasteiger partial charge in [0.25, 0.3) is 0 Å². The summed E-state index contributed by atoms with van der Waals surface area (Å²) in [6, 6.07) is 8.40. The first-order valence-corrected chi connectivity index (χ1v) is 10.9. The maximum Gasteiger partial charge on any atom is 0.414 e. The maximum atomic E-state index is 15.0. The molecule has 2 aliphatic heterocycles. The largest absolute Gasteiger partial charge is 0.442 e. The Kier molecular flexibility index (Phi) is 5.35. The first kappa shape index (κ1) is 20.6. The topological polar surface area (TPSA) is 102 Å². The molecule has 5 rings (SSSR count). The molecule has 9 nitrogen and oxygen atoms in total. The van der Waals surface area contributed by atoms with E-state index >= 15 is 0 Å². The molecule has 0 saturated carbocycles. The number of hydrogen-bond donors (Lipinski definition) is 1. The summed E-state index contributed by atoms with van der Waals surface area (Å²) in [5.41, 5.74) is 2.39. The lowest BCUT2D eigenvalue weighted by molar-refractivity contribution is 0.0390. The van der Waals surface area contributed by atoms with E-state index in [4.69, 9.17) is 9.57 Å². The van der Waals surface area contributed by atoms with Gasteiger partial charge in [-0.25, -0.2) is 13.9 Å². The Morgan fingerprint density at radius 1 is 1.25 bits per heavy atom. The molecular weight excluding hydrogens is 437 g/mol. The van der Waals surface area contributed by atoms with Gasteiger partial charge in [0.2, 0.25) is 0 Å². The van der Waals surface area contributed by atoms with Crippen LogP contribution in [0, 0.1) is 12.7 Å². The summed E-state index contributed by atoms with van der Waals surface area (Å²) in [5, 5.41) is 21.1. The minimum absolute atomic E-state index is 0.0976. The standard InChI is InChI=1S/C21H20FN5O4S/c1-12-8-26(25-23-12)9-15-10-27(21(29)30-15)13-2-3-16(17(22)6-13)19-4-5-20(32-19)18-7-14(11-28)31-24-18/h2-6,8,14-15,28H,7,9-11H2,1H3/t14?,15-/m0/s1. The Hall–Kier alpha value is -3.31. The lowest BCUT2D eigenvalue weighted by atomic mass is 10.1. The first-order valence-electron chi connectivity index (χ1n) is 10.1. The molecule has 11 heteroatoms. The van der Waals surface area contributed by atoms with Gasteiger partial charge in [0.15, 0.2) is 6.10 Å². The predicted octanol–water partition coefficient (Wildman–Crippen LogP) is 2.96. The fourth-order valence-corrected chi connectivity index (χ4v) is 4.72. The zero-order valence-electron chi connectivity index (χ0n) is 17.1. The number of thiophene rings is 1. The van der Waals surface area contributed by atoms with Gasteiger partial charge in [0.05, 0.1) is 36.0 Å². The SMILES string of the molecule is Cc1cn(C[C@H]2CN(c3ccc(-c4ccc(C5=NOC(CO)C5)s4)c(F)c3)C(=O)O2)nn1. The van der Waals surface area contributed by atoms with Crippen LogP contribution in [0.25, 0.3) is 10.4 Å². The molecule has 3 aromatic rings. The van der Waals surface area contributed by atoms with Crippen LogP contribution in [0.2, 0.25) is 0 Å². The van der Waals surface area contributed by atoms with Crippen LogP contribution >= 0.6 is 11.3 Å². The number of anilines is 1. The van der Waals surface area contributed by atoms with Gasteiger partial charge in [-0.3, -0.25) is 4.90 Å². The molecule has 1 fully saturated rings. The quantitative estimate of drug-likeness (QED) is 0.611. The van der Waals surface area contributed by atoms with E-state index in [9.17, 15) is 14.3 Å². The highest BCUT2D eigenvalue weighted by atomic mass is 32.1. The number of aliphatic hydroxyl groups excluding tert-OH is 1. The third-order valence-corrected chi connectivity index (χ3v) is 6.44. The number of benzene rings is 1. The van der Waals surface area contributed by atoms with Gasteiger partial charge in [0.1, 0.15) is 17.6 Å². The second-order valence-corrected chi connectivity index (χ2v) is 8.76. The van der Waals surface area contributed by atoms with E-state index in [1.165, 1.54) is 22.3 Å². The van der Waals surface area contributed by atoms with Gasteiger partial charge in [-0.15, -0.1) is 16.4 Å². The molecule has 1 unspecified atom stereocenters. The molecule has 1 N–H and O–H groups in total. The highest BCUT2D eigenvalue weighted by molar-refractivity contribution is 7.17. The van der Waals surface area contributed by atoms with Crippen LogP contribution in [0.15, 0.2) is 41.7 Å². The normalized spacial score (nSPS) is 20.4. The van der Waals surface area contributed by atoms with Crippen molar-refractivity contribution in [1.29, 1.82) is 0 Å². The smallest absolute Gasteiger partial charge is 0.414 e. The molecule has 0 radical (unpaired) electrons. The van der Waals surface area contributed by atoms with Crippen molar-refractivity contribution < 1.29 is 23.9 Å². The number of oxime groups is 1. The number of halogens is 1. The second kappa shape index (κ2) is 8.32. The molecule has 0 bridgehead atoms. The van der Waals surface area contributed by atoms with E-state index < -0.39 is 18.0 Å². The van der Waals surface area contributed by atoms with Crippen molar-refractivity contribution in [2.75, 3.05) is 18.1 Å². The zero-order chi connectivity index (χ0) is 22.2. The molecule has 2 atom stereocenters. The number of ether oxygens (including phenoxy) is 1. The summed E-state index contributed by atoms with van der Waals surface area (Å²) in [6.07, 6.45) is 1.04. The highest BCUT2D eigenvalue weighted by Gasteiger charge is 2.33. The van der Waals surface area contributed by atoms with Crippen molar-refractivity contribution in [2.24, 2.45) is 5.16 Å². The monoisotopic (exact) mass is 457 g/mol. The van der Waals surface area contributed by atoms with Crippen molar-refractivity contribution in [2.45, 2.75) is 32.1 Å². The molecule has 4 heterocycles. The number of aryl methyl sites for hydroxylation is 1. The lowest BCUT2D eigenvalue weighted by Crippen LogP contribution is -2.26. The van der Waals surface area contributed by atoms with Crippen LogP contribution in [0.5, 0.6) is 0 Å². The summed E-state index contributed by atoms with van der Waals surface area (Å²) in [6.45, 7) is 2.41. The molecule has 0 aliphatic carbocycles. The molecule has 0 spiro atoms. The molecule has 1 saturated heterocycles. The van der Waals surface area contributed by atoms with Crippen LogP contribution in [0.3, 0.4) is 0 Å². The van der Waals surface area contributed by atoms with Crippen LogP contribution < -0.4 is 4.90 Å². The number of rotatable bonds is 6. The van der Waals surface area contributed by atoms with Crippen molar-refractivity contribution in [3.05, 3.63) is 52.9 Å². The minimum Gasteiger partial charge on any atom is -0.442 e. The lowest BCUT2D eigenvalue weighted by Gasteiger charge is -2.14. The Morgan fingerprint density at radius 2 is 2.09 bits per heavy atom.